The van der Waals surface area contributed by atoms with E-state index in [0.717, 1.165) is 37.0 Å². The van der Waals surface area contributed by atoms with Gasteiger partial charge in [-0.3, -0.25) is 4.79 Å². The van der Waals surface area contributed by atoms with Gasteiger partial charge >= 0.3 is 5.97 Å². The van der Waals surface area contributed by atoms with E-state index in [9.17, 15) is 19.5 Å². The second-order valence-electron chi connectivity index (χ2n) is 6.89. The fourth-order valence-corrected chi connectivity index (χ4v) is 5.52. The van der Waals surface area contributed by atoms with Gasteiger partial charge < -0.3 is 20.0 Å². The van der Waals surface area contributed by atoms with E-state index >= 15 is 0 Å². The summed E-state index contributed by atoms with van der Waals surface area (Å²) in [5.41, 5.74) is 0.331. The normalized spacial score (nSPS) is 27.3. The second kappa shape index (κ2) is 7.15. The van der Waals surface area contributed by atoms with Crippen LogP contribution >= 0.6 is 11.3 Å². The molecule has 2 saturated carbocycles. The zero-order chi connectivity index (χ0) is 18.1. The lowest BCUT2D eigenvalue weighted by Crippen LogP contribution is -2.44. The summed E-state index contributed by atoms with van der Waals surface area (Å²) in [5.74, 6) is -3.15. The number of methoxy groups -OCH3 is 1. The van der Waals surface area contributed by atoms with E-state index in [1.165, 1.54) is 18.4 Å². The Morgan fingerprint density at radius 1 is 1.28 bits per heavy atom. The summed E-state index contributed by atoms with van der Waals surface area (Å²) in [6.45, 7) is 2.04. The third-order valence-corrected chi connectivity index (χ3v) is 6.52. The van der Waals surface area contributed by atoms with Crippen LogP contribution in [0.15, 0.2) is 6.07 Å². The smallest absolute Gasteiger partial charge is 0.340 e. The molecule has 7 heteroatoms. The molecule has 1 aromatic heterocycles. The summed E-state index contributed by atoms with van der Waals surface area (Å²) in [4.78, 5) is 37.3. The number of anilines is 1. The van der Waals surface area contributed by atoms with Gasteiger partial charge in [-0.25, -0.2) is 4.79 Å². The lowest BCUT2D eigenvalue weighted by atomic mass is 9.79. The van der Waals surface area contributed by atoms with E-state index < -0.39 is 23.8 Å². The molecule has 1 amide bonds. The van der Waals surface area contributed by atoms with Crippen molar-refractivity contribution in [2.24, 2.45) is 23.7 Å². The average molecular weight is 364 g/mol. The number of carboxylic acids is 1. The SMILES string of the molecule is CCCc1cc(C(=O)OC)c(NC(=O)[C@H]2[C@@H]3CC[C@@H](C3)[C@@H]2C(=O)[O-])s1. The van der Waals surface area contributed by atoms with Crippen LogP contribution in [-0.4, -0.2) is 25.0 Å². The van der Waals surface area contributed by atoms with Crippen LogP contribution in [0.2, 0.25) is 0 Å². The molecular formula is C18H22NO5S-. The number of nitrogens with one attached hydrogen (secondary N) is 1. The Kier molecular flexibility index (Phi) is 5.13. The van der Waals surface area contributed by atoms with Gasteiger partial charge in [0.1, 0.15) is 5.00 Å². The maximum atomic E-state index is 12.8. The van der Waals surface area contributed by atoms with Gasteiger partial charge in [-0.1, -0.05) is 13.3 Å². The van der Waals surface area contributed by atoms with Crippen molar-refractivity contribution in [3.8, 4) is 0 Å². The van der Waals surface area contributed by atoms with Crippen LogP contribution in [0, 0.1) is 23.7 Å². The number of ether oxygens (including phenoxy) is 1. The van der Waals surface area contributed by atoms with Gasteiger partial charge in [0, 0.05) is 22.7 Å². The summed E-state index contributed by atoms with van der Waals surface area (Å²) in [7, 11) is 1.30. The number of carboxylic acid groups (broad SMARTS) is 1. The van der Waals surface area contributed by atoms with Crippen LogP contribution in [0.4, 0.5) is 5.00 Å². The van der Waals surface area contributed by atoms with Crippen LogP contribution < -0.4 is 10.4 Å². The summed E-state index contributed by atoms with van der Waals surface area (Å²) >= 11 is 1.35. The number of carbonyl (C=O) groups is 3. The molecule has 0 spiro atoms. The summed E-state index contributed by atoms with van der Waals surface area (Å²) in [6.07, 6.45) is 4.22. The molecule has 0 radical (unpaired) electrons. The van der Waals surface area contributed by atoms with Crippen molar-refractivity contribution in [3.63, 3.8) is 0 Å². The lowest BCUT2D eigenvalue weighted by Gasteiger charge is -2.30. The van der Waals surface area contributed by atoms with Crippen molar-refractivity contribution in [1.82, 2.24) is 0 Å². The molecule has 6 nitrogen and oxygen atoms in total. The molecule has 0 unspecified atom stereocenters. The molecule has 2 fully saturated rings. The molecule has 2 aliphatic rings. The van der Waals surface area contributed by atoms with Gasteiger partial charge in [-0.05, 0) is 43.6 Å². The third-order valence-electron chi connectivity index (χ3n) is 5.41. The van der Waals surface area contributed by atoms with Crippen molar-refractivity contribution in [2.75, 3.05) is 12.4 Å². The second-order valence-corrected chi connectivity index (χ2v) is 8.03. The standard InChI is InChI=1S/C18H23NO5S/c1-3-4-11-8-12(18(23)24-2)16(25-11)19-15(20)13-9-5-6-10(7-9)14(13)17(21)22/h8-10,13-14H,3-7H2,1-2H3,(H,19,20)(H,21,22)/p-1/t9-,10+,13+,14+/m1/s1. The van der Waals surface area contributed by atoms with E-state index in [4.69, 9.17) is 4.74 Å². The van der Waals surface area contributed by atoms with E-state index in [2.05, 4.69) is 5.32 Å². The molecule has 1 aromatic rings. The molecule has 25 heavy (non-hydrogen) atoms. The van der Waals surface area contributed by atoms with Gasteiger partial charge in [0.05, 0.1) is 12.7 Å². The Labute approximate surface area is 150 Å². The highest BCUT2D eigenvalue weighted by atomic mass is 32.1. The number of esters is 1. The Bertz CT molecular complexity index is 698. The molecule has 0 saturated heterocycles. The molecule has 3 rings (SSSR count). The van der Waals surface area contributed by atoms with Crippen LogP contribution in [-0.2, 0) is 20.7 Å². The molecule has 2 aliphatic carbocycles. The van der Waals surface area contributed by atoms with Crippen molar-refractivity contribution in [1.29, 1.82) is 0 Å². The highest BCUT2D eigenvalue weighted by Crippen LogP contribution is 2.52. The highest BCUT2D eigenvalue weighted by molar-refractivity contribution is 7.16. The van der Waals surface area contributed by atoms with Crippen molar-refractivity contribution in [2.45, 2.75) is 39.0 Å². The zero-order valence-corrected chi connectivity index (χ0v) is 15.2. The average Bonchev–Trinajstić information content (AvgIpc) is 3.28. The summed E-state index contributed by atoms with van der Waals surface area (Å²) in [6, 6.07) is 1.74. The van der Waals surface area contributed by atoms with Crippen molar-refractivity contribution < 1.29 is 24.2 Å². The van der Waals surface area contributed by atoms with E-state index in [-0.39, 0.29) is 17.7 Å². The van der Waals surface area contributed by atoms with Gasteiger partial charge in [0.15, 0.2) is 0 Å². The third kappa shape index (κ3) is 3.29. The molecule has 0 aromatic carbocycles. The van der Waals surface area contributed by atoms with Gasteiger partial charge in [0.25, 0.3) is 0 Å². The van der Waals surface area contributed by atoms with E-state index in [0.29, 0.717) is 10.6 Å². The Morgan fingerprint density at radius 3 is 2.56 bits per heavy atom. The van der Waals surface area contributed by atoms with E-state index in [1.54, 1.807) is 6.07 Å². The zero-order valence-electron chi connectivity index (χ0n) is 14.4. The molecular weight excluding hydrogens is 342 g/mol. The predicted molar refractivity (Wildman–Crippen MR) is 91.1 cm³/mol. The summed E-state index contributed by atoms with van der Waals surface area (Å²) < 4.78 is 4.80. The summed E-state index contributed by atoms with van der Waals surface area (Å²) in [5, 5.41) is 14.8. The number of fused-ring (bicyclic) bond motifs is 2. The Balaban J connectivity index is 1.83. The van der Waals surface area contributed by atoms with E-state index in [1.807, 2.05) is 6.92 Å². The maximum Gasteiger partial charge on any atom is 0.340 e. The van der Waals surface area contributed by atoms with Gasteiger partial charge in [-0.2, -0.15) is 0 Å². The monoisotopic (exact) mass is 364 g/mol. The van der Waals surface area contributed by atoms with Crippen LogP contribution in [0.25, 0.3) is 0 Å². The van der Waals surface area contributed by atoms with Crippen LogP contribution in [0.3, 0.4) is 0 Å². The Morgan fingerprint density at radius 2 is 1.96 bits per heavy atom. The fraction of sp³-hybridized carbons (Fsp3) is 0.611. The van der Waals surface area contributed by atoms with Gasteiger partial charge in [-0.15, -0.1) is 11.3 Å². The number of carbonyl (C=O) groups excluding carboxylic acids is 3. The minimum atomic E-state index is -1.14. The van der Waals surface area contributed by atoms with Crippen molar-refractivity contribution >= 4 is 34.2 Å². The first kappa shape index (κ1) is 17.9. The highest BCUT2D eigenvalue weighted by Gasteiger charge is 2.51. The topological polar surface area (TPSA) is 95.5 Å². The fourth-order valence-electron chi connectivity index (χ4n) is 4.37. The first-order valence-electron chi connectivity index (χ1n) is 8.69. The first-order valence-corrected chi connectivity index (χ1v) is 9.50. The molecule has 4 atom stereocenters. The lowest BCUT2D eigenvalue weighted by molar-refractivity contribution is -0.314. The maximum absolute atomic E-state index is 12.8. The van der Waals surface area contributed by atoms with Crippen LogP contribution in [0.5, 0.6) is 0 Å². The first-order chi connectivity index (χ1) is 12.0. The number of thiophene rings is 1. The minimum absolute atomic E-state index is 0.0322. The largest absolute Gasteiger partial charge is 0.550 e. The number of aryl methyl sites for hydroxylation is 1. The molecule has 0 aliphatic heterocycles. The quantitative estimate of drug-likeness (QED) is 0.777. The Hall–Kier alpha value is -1.89. The number of aliphatic carboxylic acids is 1. The van der Waals surface area contributed by atoms with Crippen LogP contribution in [0.1, 0.15) is 47.8 Å². The minimum Gasteiger partial charge on any atom is -0.550 e. The predicted octanol–water partition coefficient (Wildman–Crippen LogP) is 1.84. The molecule has 2 bridgehead atoms. The molecule has 136 valence electrons. The molecule has 1 heterocycles. The van der Waals surface area contributed by atoms with Crippen molar-refractivity contribution in [3.05, 3.63) is 16.5 Å². The number of amides is 1. The van der Waals surface area contributed by atoms with Gasteiger partial charge in [0.2, 0.25) is 5.91 Å². The number of hydrogen-bond donors (Lipinski definition) is 1. The number of hydrogen-bond acceptors (Lipinski definition) is 6. The number of rotatable bonds is 6. The molecule has 1 N–H and O–H groups in total.